The third-order valence-electron chi connectivity index (χ3n) is 4.11. The summed E-state index contributed by atoms with van der Waals surface area (Å²) in [5.74, 6) is 0.404. The summed E-state index contributed by atoms with van der Waals surface area (Å²) in [7, 11) is 0. The summed E-state index contributed by atoms with van der Waals surface area (Å²) in [6.07, 6.45) is 6.46. The average molecular weight is 270 g/mol. The molecule has 1 fully saturated rings. The van der Waals surface area contributed by atoms with E-state index in [2.05, 4.69) is 17.6 Å². The van der Waals surface area contributed by atoms with Gasteiger partial charge >= 0.3 is 12.0 Å². The first-order chi connectivity index (χ1) is 9.06. The maximum Gasteiger partial charge on any atom is 0.326 e. The van der Waals surface area contributed by atoms with E-state index < -0.39 is 12.0 Å². The molecule has 0 aromatic rings. The Morgan fingerprint density at radius 1 is 1.16 bits per heavy atom. The van der Waals surface area contributed by atoms with E-state index in [-0.39, 0.29) is 6.03 Å². The fourth-order valence-corrected chi connectivity index (χ4v) is 2.63. The third kappa shape index (κ3) is 5.49. The molecule has 1 saturated carbocycles. The lowest BCUT2D eigenvalue weighted by Crippen LogP contribution is -2.46. The molecule has 0 saturated heterocycles. The van der Waals surface area contributed by atoms with Gasteiger partial charge in [-0.25, -0.2) is 9.59 Å². The van der Waals surface area contributed by atoms with E-state index in [1.165, 1.54) is 19.3 Å². The number of amides is 2. The highest BCUT2D eigenvalue weighted by Gasteiger charge is 2.21. The minimum absolute atomic E-state index is 0.369. The fraction of sp³-hybridized carbons (Fsp3) is 0.857. The Balaban J connectivity index is 2.22. The predicted octanol–water partition coefficient (Wildman–Crippen LogP) is 2.37. The molecule has 1 atom stereocenters. The van der Waals surface area contributed by atoms with Crippen LogP contribution in [0.5, 0.6) is 0 Å². The van der Waals surface area contributed by atoms with E-state index >= 15 is 0 Å². The maximum absolute atomic E-state index is 11.6. The van der Waals surface area contributed by atoms with Gasteiger partial charge in [0.2, 0.25) is 0 Å². The molecule has 0 aliphatic heterocycles. The van der Waals surface area contributed by atoms with E-state index in [1.54, 1.807) is 6.92 Å². The lowest BCUT2D eigenvalue weighted by atomic mass is 9.81. The Morgan fingerprint density at radius 2 is 1.74 bits per heavy atom. The molecule has 0 bridgehead atoms. The summed E-state index contributed by atoms with van der Waals surface area (Å²) in [5, 5.41) is 14.1. The van der Waals surface area contributed by atoms with Crippen molar-refractivity contribution >= 4 is 12.0 Å². The van der Waals surface area contributed by atoms with Crippen LogP contribution in [0.15, 0.2) is 0 Å². The van der Waals surface area contributed by atoms with Crippen molar-refractivity contribution in [2.45, 2.75) is 58.4 Å². The standard InChI is InChI=1S/C14H26N2O3/c1-3-10-5-7-11(8-6-10)9-15-14(19)16-12(4-2)13(17)18/h10-12H,3-9H2,1-2H3,(H,17,18)(H2,15,16,19)/t10?,11?,12-/m0/s1. The van der Waals surface area contributed by atoms with Crippen LogP contribution in [-0.4, -0.2) is 29.7 Å². The molecule has 0 radical (unpaired) electrons. The van der Waals surface area contributed by atoms with Gasteiger partial charge in [0.1, 0.15) is 6.04 Å². The molecule has 5 heteroatoms. The average Bonchev–Trinajstić information content (AvgIpc) is 2.42. The number of carbonyl (C=O) groups is 2. The Hall–Kier alpha value is -1.26. The van der Waals surface area contributed by atoms with Crippen molar-refractivity contribution in [1.82, 2.24) is 10.6 Å². The normalized spacial score (nSPS) is 24.5. The molecule has 1 aliphatic carbocycles. The first-order valence-electron chi connectivity index (χ1n) is 7.33. The minimum Gasteiger partial charge on any atom is -0.480 e. The van der Waals surface area contributed by atoms with Gasteiger partial charge in [0.15, 0.2) is 0 Å². The number of urea groups is 1. The van der Waals surface area contributed by atoms with Crippen molar-refractivity contribution < 1.29 is 14.7 Å². The summed E-state index contributed by atoms with van der Waals surface area (Å²) in [4.78, 5) is 22.4. The maximum atomic E-state index is 11.6. The highest BCUT2D eigenvalue weighted by molar-refractivity contribution is 5.82. The second-order valence-corrected chi connectivity index (χ2v) is 5.45. The molecule has 110 valence electrons. The van der Waals surface area contributed by atoms with Crippen LogP contribution in [0.25, 0.3) is 0 Å². The lowest BCUT2D eigenvalue weighted by Gasteiger charge is -2.28. The van der Waals surface area contributed by atoms with Crippen LogP contribution < -0.4 is 10.6 Å². The first-order valence-corrected chi connectivity index (χ1v) is 7.33. The second-order valence-electron chi connectivity index (χ2n) is 5.45. The van der Waals surface area contributed by atoms with Crippen LogP contribution in [0.3, 0.4) is 0 Å². The smallest absolute Gasteiger partial charge is 0.326 e. The third-order valence-corrected chi connectivity index (χ3v) is 4.11. The summed E-state index contributed by atoms with van der Waals surface area (Å²) >= 11 is 0. The zero-order chi connectivity index (χ0) is 14.3. The number of rotatable bonds is 6. The minimum atomic E-state index is -0.985. The monoisotopic (exact) mass is 270 g/mol. The largest absolute Gasteiger partial charge is 0.480 e. The molecular weight excluding hydrogens is 244 g/mol. The zero-order valence-electron chi connectivity index (χ0n) is 11.9. The van der Waals surface area contributed by atoms with E-state index in [0.29, 0.717) is 18.9 Å². The number of aliphatic carboxylic acids is 1. The van der Waals surface area contributed by atoms with Gasteiger partial charge in [-0.15, -0.1) is 0 Å². The van der Waals surface area contributed by atoms with Crippen LogP contribution in [0.2, 0.25) is 0 Å². The van der Waals surface area contributed by atoms with Crippen LogP contribution in [0.4, 0.5) is 4.79 Å². The predicted molar refractivity (Wildman–Crippen MR) is 74.0 cm³/mol. The first kappa shape index (κ1) is 15.8. The zero-order valence-corrected chi connectivity index (χ0v) is 11.9. The molecule has 1 rings (SSSR count). The van der Waals surface area contributed by atoms with E-state index in [4.69, 9.17) is 5.11 Å². The highest BCUT2D eigenvalue weighted by atomic mass is 16.4. The number of nitrogens with one attached hydrogen (secondary N) is 2. The van der Waals surface area contributed by atoms with Gasteiger partial charge in [0.25, 0.3) is 0 Å². The highest BCUT2D eigenvalue weighted by Crippen LogP contribution is 2.29. The van der Waals surface area contributed by atoms with Gasteiger partial charge < -0.3 is 15.7 Å². The Kier molecular flexibility index (Phi) is 6.67. The number of carboxylic acids is 1. The molecular formula is C14H26N2O3. The number of carboxylic acid groups (broad SMARTS) is 1. The summed E-state index contributed by atoms with van der Waals surface area (Å²) in [6, 6.07) is -1.16. The molecule has 2 amide bonds. The van der Waals surface area contributed by atoms with Crippen molar-refractivity contribution in [3.05, 3.63) is 0 Å². The number of carbonyl (C=O) groups excluding carboxylic acids is 1. The quantitative estimate of drug-likeness (QED) is 0.693. The molecule has 0 spiro atoms. The summed E-state index contributed by atoms with van der Waals surface area (Å²) in [5.41, 5.74) is 0. The van der Waals surface area contributed by atoms with E-state index in [9.17, 15) is 9.59 Å². The van der Waals surface area contributed by atoms with E-state index in [1.807, 2.05) is 0 Å². The van der Waals surface area contributed by atoms with Gasteiger partial charge in [0.05, 0.1) is 0 Å². The topological polar surface area (TPSA) is 78.4 Å². The van der Waals surface area contributed by atoms with Crippen molar-refractivity contribution in [2.75, 3.05) is 6.54 Å². The van der Waals surface area contributed by atoms with Crippen LogP contribution in [0, 0.1) is 11.8 Å². The molecule has 0 aromatic carbocycles. The van der Waals surface area contributed by atoms with Gasteiger partial charge in [-0.3, -0.25) is 0 Å². The van der Waals surface area contributed by atoms with Gasteiger partial charge in [-0.2, -0.15) is 0 Å². The molecule has 0 aromatic heterocycles. The fourth-order valence-electron chi connectivity index (χ4n) is 2.63. The van der Waals surface area contributed by atoms with Crippen molar-refractivity contribution in [3.63, 3.8) is 0 Å². The number of hydrogen-bond donors (Lipinski definition) is 3. The van der Waals surface area contributed by atoms with Crippen LogP contribution in [-0.2, 0) is 4.79 Å². The summed E-state index contributed by atoms with van der Waals surface area (Å²) < 4.78 is 0. The number of hydrogen-bond acceptors (Lipinski definition) is 2. The Morgan fingerprint density at radius 3 is 2.21 bits per heavy atom. The SMILES string of the molecule is CCC1CCC(CNC(=O)N[C@@H](CC)C(=O)O)CC1. The van der Waals surface area contributed by atoms with Crippen molar-refractivity contribution in [3.8, 4) is 0 Å². The van der Waals surface area contributed by atoms with Gasteiger partial charge in [0, 0.05) is 6.54 Å². The van der Waals surface area contributed by atoms with E-state index in [0.717, 1.165) is 18.8 Å². The van der Waals surface area contributed by atoms with Crippen LogP contribution in [0.1, 0.15) is 52.4 Å². The van der Waals surface area contributed by atoms with Crippen molar-refractivity contribution in [1.29, 1.82) is 0 Å². The second kappa shape index (κ2) is 8.02. The van der Waals surface area contributed by atoms with Crippen molar-refractivity contribution in [2.24, 2.45) is 11.8 Å². The Bertz CT molecular complexity index is 299. The molecule has 5 nitrogen and oxygen atoms in total. The molecule has 1 aliphatic rings. The molecule has 19 heavy (non-hydrogen) atoms. The lowest BCUT2D eigenvalue weighted by molar-refractivity contribution is -0.139. The van der Waals surface area contributed by atoms with Gasteiger partial charge in [-0.1, -0.05) is 33.1 Å². The molecule has 0 unspecified atom stereocenters. The summed E-state index contributed by atoms with van der Waals surface area (Å²) in [6.45, 7) is 4.62. The molecule has 0 heterocycles. The molecule has 3 N–H and O–H groups in total. The van der Waals surface area contributed by atoms with Crippen LogP contribution >= 0.6 is 0 Å². The van der Waals surface area contributed by atoms with Gasteiger partial charge in [-0.05, 0) is 31.1 Å². The Labute approximate surface area is 115 Å².